The highest BCUT2D eigenvalue weighted by atomic mass is 79.9. The van der Waals surface area contributed by atoms with E-state index >= 15 is 0 Å². The zero-order chi connectivity index (χ0) is 22.2. The standard InChI is InChI=1S/C24H15BrO7/c1-13-23(32-18-5-3-2-4-17(18)25)22(26)16-8-7-15(11-20(16)30-13)31-24(27)14-6-9-19-21(10-14)29-12-28-19/h2-11H,12H2,1H3. The van der Waals surface area contributed by atoms with Crippen molar-refractivity contribution in [1.29, 1.82) is 0 Å². The van der Waals surface area contributed by atoms with Gasteiger partial charge in [0.15, 0.2) is 11.5 Å². The molecule has 0 bridgehead atoms. The third-order valence-electron chi connectivity index (χ3n) is 4.85. The summed E-state index contributed by atoms with van der Waals surface area (Å²) in [6.07, 6.45) is 0. The molecule has 1 aromatic heterocycles. The molecule has 8 heteroatoms. The lowest BCUT2D eigenvalue weighted by molar-refractivity contribution is 0.0734. The maximum atomic E-state index is 13.0. The number of aryl methyl sites for hydroxylation is 1. The van der Waals surface area contributed by atoms with Crippen LogP contribution in [0.4, 0.5) is 0 Å². The lowest BCUT2D eigenvalue weighted by atomic mass is 10.2. The Hall–Kier alpha value is -3.78. The number of para-hydroxylation sites is 1. The van der Waals surface area contributed by atoms with Gasteiger partial charge in [0, 0.05) is 6.07 Å². The second kappa shape index (κ2) is 8.05. The van der Waals surface area contributed by atoms with E-state index in [-0.39, 0.29) is 29.3 Å². The van der Waals surface area contributed by atoms with Crippen LogP contribution in [0.5, 0.6) is 28.7 Å². The van der Waals surface area contributed by atoms with Crippen LogP contribution in [0.1, 0.15) is 16.1 Å². The molecule has 0 radical (unpaired) electrons. The highest BCUT2D eigenvalue weighted by Gasteiger charge is 2.19. The van der Waals surface area contributed by atoms with Crippen LogP contribution in [0.15, 0.2) is 74.3 Å². The number of fused-ring (bicyclic) bond motifs is 2. The van der Waals surface area contributed by atoms with Crippen LogP contribution in [0.3, 0.4) is 0 Å². The van der Waals surface area contributed by atoms with E-state index in [2.05, 4.69) is 15.9 Å². The smallest absolute Gasteiger partial charge is 0.343 e. The third-order valence-corrected chi connectivity index (χ3v) is 5.51. The fourth-order valence-electron chi connectivity index (χ4n) is 3.28. The predicted octanol–water partition coefficient (Wildman–Crippen LogP) is 5.60. The molecule has 0 amide bonds. The van der Waals surface area contributed by atoms with E-state index in [4.69, 9.17) is 23.4 Å². The SMILES string of the molecule is Cc1oc2cc(OC(=O)c3ccc4c(c3)OCO4)ccc2c(=O)c1Oc1ccccc1Br. The van der Waals surface area contributed by atoms with Crippen LogP contribution in [0, 0.1) is 6.92 Å². The Labute approximate surface area is 190 Å². The summed E-state index contributed by atoms with van der Waals surface area (Å²) in [6, 6.07) is 16.6. The maximum absolute atomic E-state index is 13.0. The number of carbonyl (C=O) groups excluding carboxylic acids is 1. The number of esters is 1. The number of hydrogen-bond acceptors (Lipinski definition) is 7. The summed E-state index contributed by atoms with van der Waals surface area (Å²) in [6.45, 7) is 1.75. The molecule has 1 aliphatic heterocycles. The number of ether oxygens (including phenoxy) is 4. The van der Waals surface area contributed by atoms with Gasteiger partial charge in [-0.25, -0.2) is 4.79 Å². The number of carbonyl (C=O) groups is 1. The molecule has 0 atom stereocenters. The van der Waals surface area contributed by atoms with Gasteiger partial charge >= 0.3 is 5.97 Å². The van der Waals surface area contributed by atoms with Crippen molar-refractivity contribution in [3.05, 3.63) is 86.7 Å². The highest BCUT2D eigenvalue weighted by molar-refractivity contribution is 9.10. The van der Waals surface area contributed by atoms with Crippen molar-refractivity contribution in [3.8, 4) is 28.7 Å². The topological polar surface area (TPSA) is 84.2 Å². The molecule has 0 unspecified atom stereocenters. The molecule has 0 N–H and O–H groups in total. The molecule has 1 aliphatic rings. The number of hydrogen-bond donors (Lipinski definition) is 0. The highest BCUT2D eigenvalue weighted by Crippen LogP contribution is 2.34. The third kappa shape index (κ3) is 3.69. The van der Waals surface area contributed by atoms with Gasteiger partial charge in [0.05, 0.1) is 15.4 Å². The van der Waals surface area contributed by atoms with Crippen LogP contribution in [0.2, 0.25) is 0 Å². The van der Waals surface area contributed by atoms with E-state index in [1.165, 1.54) is 18.2 Å². The van der Waals surface area contributed by atoms with Gasteiger partial charge in [-0.15, -0.1) is 0 Å². The summed E-state index contributed by atoms with van der Waals surface area (Å²) in [5.41, 5.74) is 0.264. The van der Waals surface area contributed by atoms with Crippen molar-refractivity contribution in [2.24, 2.45) is 0 Å². The predicted molar refractivity (Wildman–Crippen MR) is 119 cm³/mol. The van der Waals surface area contributed by atoms with E-state index in [1.54, 1.807) is 37.3 Å². The van der Waals surface area contributed by atoms with Crippen LogP contribution >= 0.6 is 15.9 Å². The van der Waals surface area contributed by atoms with E-state index in [0.717, 1.165) is 0 Å². The van der Waals surface area contributed by atoms with Crippen LogP contribution in [-0.2, 0) is 0 Å². The molecule has 0 spiro atoms. The van der Waals surface area contributed by atoms with E-state index in [9.17, 15) is 9.59 Å². The molecule has 0 aliphatic carbocycles. The molecule has 0 saturated heterocycles. The van der Waals surface area contributed by atoms with Crippen molar-refractivity contribution in [2.75, 3.05) is 6.79 Å². The largest absolute Gasteiger partial charge is 0.457 e. The summed E-state index contributed by atoms with van der Waals surface area (Å²) in [4.78, 5) is 25.5. The van der Waals surface area contributed by atoms with Crippen molar-refractivity contribution < 1.29 is 28.2 Å². The second-order valence-electron chi connectivity index (χ2n) is 6.96. The fourth-order valence-corrected chi connectivity index (χ4v) is 3.64. The lowest BCUT2D eigenvalue weighted by Gasteiger charge is -2.11. The minimum Gasteiger partial charge on any atom is -0.457 e. The van der Waals surface area contributed by atoms with Gasteiger partial charge < -0.3 is 23.4 Å². The van der Waals surface area contributed by atoms with Gasteiger partial charge in [0.25, 0.3) is 0 Å². The van der Waals surface area contributed by atoms with Crippen LogP contribution in [0.25, 0.3) is 11.0 Å². The molecule has 32 heavy (non-hydrogen) atoms. The van der Waals surface area contributed by atoms with Crippen LogP contribution in [-0.4, -0.2) is 12.8 Å². The Morgan fingerprint density at radius 2 is 1.81 bits per heavy atom. The van der Waals surface area contributed by atoms with Gasteiger partial charge in [-0.2, -0.15) is 0 Å². The first-order chi connectivity index (χ1) is 15.5. The van der Waals surface area contributed by atoms with Gasteiger partial charge in [-0.05, 0) is 65.3 Å². The zero-order valence-corrected chi connectivity index (χ0v) is 18.3. The fraction of sp³-hybridized carbons (Fsp3) is 0.0833. The Bertz CT molecular complexity index is 1420. The van der Waals surface area contributed by atoms with Gasteiger partial charge in [-0.3, -0.25) is 4.79 Å². The molecule has 0 saturated carbocycles. The monoisotopic (exact) mass is 494 g/mol. The first-order valence-electron chi connectivity index (χ1n) is 9.61. The molecule has 7 nitrogen and oxygen atoms in total. The number of rotatable bonds is 4. The van der Waals surface area contributed by atoms with Gasteiger partial charge in [-0.1, -0.05) is 12.1 Å². The van der Waals surface area contributed by atoms with Crippen molar-refractivity contribution in [3.63, 3.8) is 0 Å². The first-order valence-corrected chi connectivity index (χ1v) is 10.4. The minimum absolute atomic E-state index is 0.0921. The van der Waals surface area contributed by atoms with Crippen molar-refractivity contribution in [2.45, 2.75) is 6.92 Å². The Morgan fingerprint density at radius 1 is 1.00 bits per heavy atom. The van der Waals surface area contributed by atoms with Crippen molar-refractivity contribution >= 4 is 32.9 Å². The van der Waals surface area contributed by atoms with Gasteiger partial charge in [0.1, 0.15) is 22.8 Å². The number of halogens is 1. The normalized spacial score (nSPS) is 12.1. The summed E-state index contributed by atoms with van der Waals surface area (Å²) in [5, 5.41) is 0.306. The lowest BCUT2D eigenvalue weighted by Crippen LogP contribution is -2.10. The molecule has 3 aromatic carbocycles. The molecule has 160 valence electrons. The Kier molecular flexibility index (Phi) is 5.07. The molecule has 0 fully saturated rings. The van der Waals surface area contributed by atoms with Gasteiger partial charge in [0.2, 0.25) is 18.0 Å². The summed E-state index contributed by atoms with van der Waals surface area (Å²) >= 11 is 3.40. The molecule has 2 heterocycles. The Morgan fingerprint density at radius 3 is 2.66 bits per heavy atom. The average molecular weight is 495 g/mol. The molecule has 5 rings (SSSR count). The maximum Gasteiger partial charge on any atom is 0.343 e. The average Bonchev–Trinajstić information content (AvgIpc) is 3.25. The number of benzene rings is 3. The first kappa shape index (κ1) is 20.1. The van der Waals surface area contributed by atoms with Crippen molar-refractivity contribution in [1.82, 2.24) is 0 Å². The summed E-state index contributed by atoms with van der Waals surface area (Å²) in [7, 11) is 0. The Balaban J connectivity index is 1.44. The summed E-state index contributed by atoms with van der Waals surface area (Å²) in [5.74, 6) is 1.61. The molecular weight excluding hydrogens is 480 g/mol. The molecule has 4 aromatic rings. The minimum atomic E-state index is -0.574. The molecular formula is C24H15BrO7. The second-order valence-corrected chi connectivity index (χ2v) is 7.82. The van der Waals surface area contributed by atoms with E-state index in [1.807, 2.05) is 12.1 Å². The van der Waals surface area contributed by atoms with E-state index in [0.29, 0.717) is 38.4 Å². The van der Waals surface area contributed by atoms with Crippen LogP contribution < -0.4 is 24.4 Å². The summed E-state index contributed by atoms with van der Waals surface area (Å²) < 4.78 is 28.3. The quantitative estimate of drug-likeness (QED) is 0.269. The van der Waals surface area contributed by atoms with E-state index < -0.39 is 5.97 Å². The zero-order valence-electron chi connectivity index (χ0n) is 16.7.